The SMILES string of the molecule is CCC(C)C1NC(O)=CC1O. The molecule has 11 heavy (non-hydrogen) atoms. The van der Waals surface area contributed by atoms with Crippen molar-refractivity contribution in [3.05, 3.63) is 12.0 Å². The van der Waals surface area contributed by atoms with Gasteiger partial charge in [-0.3, -0.25) is 0 Å². The van der Waals surface area contributed by atoms with Crippen LogP contribution in [0.4, 0.5) is 0 Å². The van der Waals surface area contributed by atoms with Crippen LogP contribution in [0.3, 0.4) is 0 Å². The minimum absolute atomic E-state index is 0.0139. The van der Waals surface area contributed by atoms with Gasteiger partial charge in [-0.2, -0.15) is 0 Å². The van der Waals surface area contributed by atoms with E-state index in [0.717, 1.165) is 6.42 Å². The largest absolute Gasteiger partial charge is 0.495 e. The fraction of sp³-hybridized carbons (Fsp3) is 0.750. The molecule has 0 saturated heterocycles. The Bertz CT molecular complexity index is 167. The van der Waals surface area contributed by atoms with Gasteiger partial charge < -0.3 is 15.5 Å². The maximum Gasteiger partial charge on any atom is 0.182 e. The van der Waals surface area contributed by atoms with Crippen molar-refractivity contribution in [2.24, 2.45) is 5.92 Å². The minimum atomic E-state index is -0.537. The summed E-state index contributed by atoms with van der Waals surface area (Å²) in [6.07, 6.45) is 1.90. The van der Waals surface area contributed by atoms with Crippen molar-refractivity contribution in [2.75, 3.05) is 0 Å². The van der Waals surface area contributed by atoms with E-state index in [4.69, 9.17) is 5.11 Å². The van der Waals surface area contributed by atoms with Crippen LogP contribution in [0.15, 0.2) is 12.0 Å². The molecule has 64 valence electrons. The Morgan fingerprint density at radius 3 is 2.73 bits per heavy atom. The van der Waals surface area contributed by atoms with Gasteiger partial charge in [0.2, 0.25) is 0 Å². The quantitative estimate of drug-likeness (QED) is 0.555. The predicted octanol–water partition coefficient (Wildman–Crippen LogP) is 0.765. The van der Waals surface area contributed by atoms with Gasteiger partial charge >= 0.3 is 0 Å². The molecule has 0 aromatic rings. The van der Waals surface area contributed by atoms with E-state index in [-0.39, 0.29) is 11.9 Å². The van der Waals surface area contributed by atoms with Crippen molar-refractivity contribution in [2.45, 2.75) is 32.4 Å². The fourth-order valence-corrected chi connectivity index (χ4v) is 1.30. The normalized spacial score (nSPS) is 32.8. The number of rotatable bonds is 2. The van der Waals surface area contributed by atoms with Crippen molar-refractivity contribution in [3.8, 4) is 0 Å². The topological polar surface area (TPSA) is 52.5 Å². The number of nitrogens with one attached hydrogen (secondary N) is 1. The average Bonchev–Trinajstić information content (AvgIpc) is 2.28. The van der Waals surface area contributed by atoms with Gasteiger partial charge in [0.1, 0.15) is 0 Å². The third-order valence-electron chi connectivity index (χ3n) is 2.27. The first kappa shape index (κ1) is 8.40. The lowest BCUT2D eigenvalue weighted by Crippen LogP contribution is -2.37. The van der Waals surface area contributed by atoms with E-state index >= 15 is 0 Å². The first-order valence-electron chi connectivity index (χ1n) is 4.00. The van der Waals surface area contributed by atoms with E-state index < -0.39 is 6.10 Å². The highest BCUT2D eigenvalue weighted by Crippen LogP contribution is 2.18. The second-order valence-electron chi connectivity index (χ2n) is 3.10. The van der Waals surface area contributed by atoms with Gasteiger partial charge in [0, 0.05) is 6.08 Å². The van der Waals surface area contributed by atoms with Crippen LogP contribution < -0.4 is 5.32 Å². The van der Waals surface area contributed by atoms with E-state index in [1.165, 1.54) is 6.08 Å². The van der Waals surface area contributed by atoms with Crippen LogP contribution >= 0.6 is 0 Å². The van der Waals surface area contributed by atoms with Crippen LogP contribution in [0.5, 0.6) is 0 Å². The molecule has 0 amide bonds. The van der Waals surface area contributed by atoms with Gasteiger partial charge in [0.25, 0.3) is 0 Å². The molecular weight excluding hydrogens is 142 g/mol. The first-order valence-corrected chi connectivity index (χ1v) is 4.00. The summed E-state index contributed by atoms with van der Waals surface area (Å²) < 4.78 is 0. The molecule has 1 heterocycles. The number of hydrogen-bond donors (Lipinski definition) is 3. The van der Waals surface area contributed by atoms with Crippen LogP contribution in [0.2, 0.25) is 0 Å². The molecule has 0 radical (unpaired) electrons. The van der Waals surface area contributed by atoms with Gasteiger partial charge in [-0.25, -0.2) is 0 Å². The summed E-state index contributed by atoms with van der Waals surface area (Å²) >= 11 is 0. The van der Waals surface area contributed by atoms with E-state index in [1.54, 1.807) is 0 Å². The number of aliphatic hydroxyl groups excluding tert-OH is 2. The third-order valence-corrected chi connectivity index (χ3v) is 2.27. The summed E-state index contributed by atoms with van der Waals surface area (Å²) in [5, 5.41) is 21.2. The van der Waals surface area contributed by atoms with Crippen LogP contribution in [-0.4, -0.2) is 22.4 Å². The van der Waals surface area contributed by atoms with Crippen molar-refractivity contribution in [3.63, 3.8) is 0 Å². The lowest BCUT2D eigenvalue weighted by Gasteiger charge is -2.21. The van der Waals surface area contributed by atoms with E-state index in [0.29, 0.717) is 5.92 Å². The lowest BCUT2D eigenvalue weighted by molar-refractivity contribution is 0.157. The molecule has 0 fully saturated rings. The summed E-state index contributed by atoms with van der Waals surface area (Å²) in [4.78, 5) is 0. The summed E-state index contributed by atoms with van der Waals surface area (Å²) in [5.74, 6) is 0.480. The Kier molecular flexibility index (Phi) is 2.39. The van der Waals surface area contributed by atoms with Gasteiger partial charge in [-0.1, -0.05) is 20.3 Å². The average molecular weight is 157 g/mol. The molecule has 0 spiro atoms. The zero-order valence-corrected chi connectivity index (χ0v) is 6.91. The predicted molar refractivity (Wildman–Crippen MR) is 43.1 cm³/mol. The molecule has 1 aliphatic heterocycles. The van der Waals surface area contributed by atoms with E-state index in [2.05, 4.69) is 12.2 Å². The molecule has 0 saturated carbocycles. The minimum Gasteiger partial charge on any atom is -0.495 e. The molecule has 3 N–H and O–H groups in total. The highest BCUT2D eigenvalue weighted by atomic mass is 16.3. The van der Waals surface area contributed by atoms with Crippen molar-refractivity contribution in [1.82, 2.24) is 5.32 Å². The van der Waals surface area contributed by atoms with Gasteiger partial charge in [0.05, 0.1) is 12.1 Å². The lowest BCUT2D eigenvalue weighted by atomic mass is 9.96. The zero-order chi connectivity index (χ0) is 8.43. The summed E-state index contributed by atoms with van der Waals surface area (Å²) in [7, 11) is 0. The van der Waals surface area contributed by atoms with Gasteiger partial charge in [-0.15, -0.1) is 0 Å². The van der Waals surface area contributed by atoms with Crippen LogP contribution in [0, 0.1) is 5.92 Å². The first-order chi connectivity index (χ1) is 5.15. The summed E-state index contributed by atoms with van der Waals surface area (Å²) in [5.41, 5.74) is 0. The Labute approximate surface area is 66.7 Å². The molecule has 3 atom stereocenters. The number of hydrogen-bond acceptors (Lipinski definition) is 3. The summed E-state index contributed by atoms with van der Waals surface area (Å²) in [6.45, 7) is 4.11. The molecule has 1 aliphatic rings. The molecule has 0 bridgehead atoms. The second kappa shape index (κ2) is 3.13. The molecule has 0 aliphatic carbocycles. The fourth-order valence-electron chi connectivity index (χ4n) is 1.30. The Hall–Kier alpha value is -0.700. The van der Waals surface area contributed by atoms with Crippen molar-refractivity contribution in [1.29, 1.82) is 0 Å². The van der Waals surface area contributed by atoms with Crippen LogP contribution in [0.1, 0.15) is 20.3 Å². The molecule has 3 nitrogen and oxygen atoms in total. The van der Waals surface area contributed by atoms with E-state index in [9.17, 15) is 5.11 Å². The third kappa shape index (κ3) is 1.66. The Balaban J connectivity index is 2.52. The molecule has 3 unspecified atom stereocenters. The van der Waals surface area contributed by atoms with E-state index in [1.807, 2.05) is 6.92 Å². The monoisotopic (exact) mass is 157 g/mol. The zero-order valence-electron chi connectivity index (χ0n) is 6.91. The Morgan fingerprint density at radius 2 is 2.36 bits per heavy atom. The number of aliphatic hydroxyl groups is 2. The van der Waals surface area contributed by atoms with Gasteiger partial charge in [0.15, 0.2) is 5.88 Å². The van der Waals surface area contributed by atoms with Crippen LogP contribution in [0.25, 0.3) is 0 Å². The summed E-state index contributed by atoms with van der Waals surface area (Å²) in [6, 6.07) is -0.0139. The second-order valence-corrected chi connectivity index (χ2v) is 3.10. The van der Waals surface area contributed by atoms with Crippen LogP contribution in [-0.2, 0) is 0 Å². The highest BCUT2D eigenvalue weighted by molar-refractivity contribution is 5.09. The highest BCUT2D eigenvalue weighted by Gasteiger charge is 2.28. The Morgan fingerprint density at radius 1 is 1.73 bits per heavy atom. The smallest absolute Gasteiger partial charge is 0.182 e. The standard InChI is InChI=1S/C8H15NO2/c1-3-5(2)8-6(10)4-7(11)9-8/h4-6,8-11H,3H2,1-2H3. The van der Waals surface area contributed by atoms with Gasteiger partial charge in [-0.05, 0) is 5.92 Å². The maximum absolute atomic E-state index is 9.36. The molecule has 0 aromatic carbocycles. The van der Waals surface area contributed by atoms with Crippen molar-refractivity contribution >= 4 is 0 Å². The molecule has 3 heteroatoms. The molecule has 0 aromatic heterocycles. The molecule has 1 rings (SSSR count). The maximum atomic E-state index is 9.36. The molecular formula is C8H15NO2. The van der Waals surface area contributed by atoms with Crippen molar-refractivity contribution < 1.29 is 10.2 Å².